The van der Waals surface area contributed by atoms with Gasteiger partial charge in [-0.3, -0.25) is 9.59 Å². The number of hydrogen-bond donors (Lipinski definition) is 1. The molecule has 0 radical (unpaired) electrons. The van der Waals surface area contributed by atoms with Gasteiger partial charge in [-0.05, 0) is 43.7 Å². The maximum absolute atomic E-state index is 12.4. The molecule has 5 heteroatoms. The van der Waals surface area contributed by atoms with E-state index in [0.717, 1.165) is 11.3 Å². The fraction of sp³-hybridized carbons (Fsp3) is 0.211. The highest BCUT2D eigenvalue weighted by molar-refractivity contribution is 6.09. The summed E-state index contributed by atoms with van der Waals surface area (Å²) in [6.07, 6.45) is -0.276. The fourth-order valence-corrected chi connectivity index (χ4v) is 2.42. The van der Waals surface area contributed by atoms with Crippen LogP contribution in [-0.2, 0) is 9.59 Å². The number of rotatable bonds is 5. The molecular formula is C19H19N3O2. The van der Waals surface area contributed by atoms with Crippen molar-refractivity contribution in [1.29, 1.82) is 5.26 Å². The second-order valence-electron chi connectivity index (χ2n) is 5.36. The number of aryl methyl sites for hydroxylation is 1. The van der Waals surface area contributed by atoms with Crippen molar-refractivity contribution in [2.24, 2.45) is 0 Å². The van der Waals surface area contributed by atoms with Gasteiger partial charge < -0.3 is 10.2 Å². The topological polar surface area (TPSA) is 73.2 Å². The lowest BCUT2D eigenvalue weighted by Gasteiger charge is -2.21. The number of nitriles is 1. The molecule has 2 amide bonds. The predicted molar refractivity (Wildman–Crippen MR) is 93.6 cm³/mol. The monoisotopic (exact) mass is 321 g/mol. The van der Waals surface area contributed by atoms with E-state index in [4.69, 9.17) is 5.26 Å². The molecule has 2 rings (SSSR count). The average Bonchev–Trinajstić information content (AvgIpc) is 2.56. The van der Waals surface area contributed by atoms with Crippen LogP contribution in [-0.4, -0.2) is 18.4 Å². The highest BCUT2D eigenvalue weighted by Crippen LogP contribution is 2.18. The Bertz CT molecular complexity index is 793. The van der Waals surface area contributed by atoms with E-state index in [2.05, 4.69) is 5.32 Å². The van der Waals surface area contributed by atoms with Crippen LogP contribution in [0.4, 0.5) is 11.4 Å². The van der Waals surface area contributed by atoms with Gasteiger partial charge in [-0.15, -0.1) is 0 Å². The Morgan fingerprint density at radius 3 is 2.58 bits per heavy atom. The Morgan fingerprint density at radius 2 is 1.92 bits per heavy atom. The molecule has 0 saturated heterocycles. The van der Waals surface area contributed by atoms with Gasteiger partial charge >= 0.3 is 0 Å². The first-order chi connectivity index (χ1) is 11.5. The molecule has 122 valence electrons. The van der Waals surface area contributed by atoms with Gasteiger partial charge in [0.2, 0.25) is 11.8 Å². The lowest BCUT2D eigenvalue weighted by atomic mass is 10.2. The van der Waals surface area contributed by atoms with Crippen LogP contribution in [0, 0.1) is 18.3 Å². The SMILES string of the molecule is CCN(C(=O)CC(=O)Nc1ccccc1C#N)c1cccc(C)c1. The fourth-order valence-electron chi connectivity index (χ4n) is 2.42. The molecule has 0 unspecified atom stereocenters. The first kappa shape index (κ1) is 17.2. The maximum Gasteiger partial charge on any atom is 0.236 e. The van der Waals surface area contributed by atoms with Crippen molar-refractivity contribution in [3.63, 3.8) is 0 Å². The Kier molecular flexibility index (Phi) is 5.69. The predicted octanol–water partition coefficient (Wildman–Crippen LogP) is 3.25. The number of hydrogen-bond acceptors (Lipinski definition) is 3. The third kappa shape index (κ3) is 4.20. The van der Waals surface area contributed by atoms with Crippen LogP contribution in [0.15, 0.2) is 48.5 Å². The number of anilines is 2. The van der Waals surface area contributed by atoms with Gasteiger partial charge in [0, 0.05) is 12.2 Å². The Labute approximate surface area is 141 Å². The van der Waals surface area contributed by atoms with Crippen LogP contribution in [0.3, 0.4) is 0 Å². The van der Waals surface area contributed by atoms with E-state index in [1.807, 2.05) is 44.2 Å². The number of benzene rings is 2. The quantitative estimate of drug-likeness (QED) is 0.859. The minimum atomic E-state index is -0.436. The molecule has 0 bridgehead atoms. The number of amides is 2. The summed E-state index contributed by atoms with van der Waals surface area (Å²) in [5.41, 5.74) is 2.60. The van der Waals surface area contributed by atoms with Gasteiger partial charge in [-0.25, -0.2) is 0 Å². The van der Waals surface area contributed by atoms with E-state index in [1.54, 1.807) is 29.2 Å². The van der Waals surface area contributed by atoms with E-state index in [-0.39, 0.29) is 12.3 Å². The lowest BCUT2D eigenvalue weighted by molar-refractivity contribution is -0.125. The second kappa shape index (κ2) is 7.93. The molecule has 24 heavy (non-hydrogen) atoms. The summed E-state index contributed by atoms with van der Waals surface area (Å²) in [4.78, 5) is 26.2. The number of nitrogens with zero attached hydrogens (tertiary/aromatic N) is 2. The van der Waals surface area contributed by atoms with E-state index < -0.39 is 5.91 Å². The maximum atomic E-state index is 12.4. The summed E-state index contributed by atoms with van der Waals surface area (Å²) in [5.74, 6) is -0.719. The van der Waals surface area contributed by atoms with Gasteiger partial charge in [-0.1, -0.05) is 24.3 Å². The molecule has 5 nitrogen and oxygen atoms in total. The van der Waals surface area contributed by atoms with E-state index >= 15 is 0 Å². The zero-order chi connectivity index (χ0) is 17.5. The summed E-state index contributed by atoms with van der Waals surface area (Å²) in [6, 6.07) is 16.3. The number of carbonyl (C=O) groups excluding carboxylic acids is 2. The van der Waals surface area contributed by atoms with Crippen LogP contribution in [0.25, 0.3) is 0 Å². The largest absolute Gasteiger partial charge is 0.324 e. The smallest absolute Gasteiger partial charge is 0.236 e. The van der Waals surface area contributed by atoms with Crippen molar-refractivity contribution in [2.45, 2.75) is 20.3 Å². The molecule has 0 saturated carbocycles. The zero-order valence-electron chi connectivity index (χ0n) is 13.7. The van der Waals surface area contributed by atoms with Crippen LogP contribution >= 0.6 is 0 Å². The van der Waals surface area contributed by atoms with Crippen LogP contribution in [0.5, 0.6) is 0 Å². The highest BCUT2D eigenvalue weighted by atomic mass is 16.2. The number of nitrogens with one attached hydrogen (secondary N) is 1. The van der Waals surface area contributed by atoms with Crippen LogP contribution in [0.2, 0.25) is 0 Å². The van der Waals surface area contributed by atoms with Crippen molar-refractivity contribution >= 4 is 23.2 Å². The summed E-state index contributed by atoms with van der Waals surface area (Å²) in [6.45, 7) is 4.29. The number of carbonyl (C=O) groups is 2. The van der Waals surface area contributed by atoms with E-state index in [1.165, 1.54) is 0 Å². The lowest BCUT2D eigenvalue weighted by Crippen LogP contribution is -2.33. The summed E-state index contributed by atoms with van der Waals surface area (Å²) in [5, 5.41) is 11.7. The van der Waals surface area contributed by atoms with Crippen molar-refractivity contribution in [2.75, 3.05) is 16.8 Å². The molecular weight excluding hydrogens is 302 g/mol. The average molecular weight is 321 g/mol. The molecule has 0 aromatic heterocycles. The van der Waals surface area contributed by atoms with Gasteiger partial charge in [0.25, 0.3) is 0 Å². The molecule has 0 aliphatic rings. The Balaban J connectivity index is 2.07. The van der Waals surface area contributed by atoms with E-state index in [9.17, 15) is 9.59 Å². The second-order valence-corrected chi connectivity index (χ2v) is 5.36. The van der Waals surface area contributed by atoms with Crippen molar-refractivity contribution < 1.29 is 9.59 Å². The highest BCUT2D eigenvalue weighted by Gasteiger charge is 2.18. The Hall–Kier alpha value is -3.13. The zero-order valence-corrected chi connectivity index (χ0v) is 13.7. The molecule has 0 spiro atoms. The Morgan fingerprint density at radius 1 is 1.17 bits per heavy atom. The standard InChI is InChI=1S/C19H19N3O2/c1-3-22(16-9-6-7-14(2)11-16)19(24)12-18(23)21-17-10-5-4-8-15(17)13-20/h4-11H,3,12H2,1-2H3,(H,21,23). The van der Waals surface area contributed by atoms with Gasteiger partial charge in [-0.2, -0.15) is 5.26 Å². The van der Waals surface area contributed by atoms with Gasteiger partial charge in [0.15, 0.2) is 0 Å². The first-order valence-corrected chi connectivity index (χ1v) is 7.71. The normalized spacial score (nSPS) is 9.88. The first-order valence-electron chi connectivity index (χ1n) is 7.71. The summed E-state index contributed by atoms with van der Waals surface area (Å²) < 4.78 is 0. The number of para-hydroxylation sites is 1. The van der Waals surface area contributed by atoms with Crippen LogP contribution in [0.1, 0.15) is 24.5 Å². The van der Waals surface area contributed by atoms with Crippen molar-refractivity contribution in [3.05, 3.63) is 59.7 Å². The molecule has 0 heterocycles. The molecule has 1 N–H and O–H groups in total. The minimum Gasteiger partial charge on any atom is -0.324 e. The summed E-state index contributed by atoms with van der Waals surface area (Å²) in [7, 11) is 0. The van der Waals surface area contributed by atoms with Crippen molar-refractivity contribution in [3.8, 4) is 6.07 Å². The van der Waals surface area contributed by atoms with Crippen LogP contribution < -0.4 is 10.2 Å². The molecule has 0 aliphatic carbocycles. The van der Waals surface area contributed by atoms with Crippen molar-refractivity contribution in [1.82, 2.24) is 0 Å². The molecule has 2 aromatic carbocycles. The molecule has 0 fully saturated rings. The van der Waals surface area contributed by atoms with Gasteiger partial charge in [0.1, 0.15) is 12.5 Å². The third-order valence-electron chi connectivity index (χ3n) is 3.56. The third-order valence-corrected chi connectivity index (χ3v) is 3.56. The van der Waals surface area contributed by atoms with Gasteiger partial charge in [0.05, 0.1) is 11.3 Å². The molecule has 0 aliphatic heterocycles. The minimum absolute atomic E-state index is 0.276. The molecule has 2 aromatic rings. The summed E-state index contributed by atoms with van der Waals surface area (Å²) >= 11 is 0. The molecule has 0 atom stereocenters. The van der Waals surface area contributed by atoms with E-state index in [0.29, 0.717) is 17.8 Å².